The van der Waals surface area contributed by atoms with Gasteiger partial charge in [-0.2, -0.15) is 0 Å². The molecule has 21 heavy (non-hydrogen) atoms. The van der Waals surface area contributed by atoms with Crippen molar-refractivity contribution in [1.82, 2.24) is 0 Å². The van der Waals surface area contributed by atoms with Crippen molar-refractivity contribution in [3.05, 3.63) is 28.3 Å². The third-order valence-electron chi connectivity index (χ3n) is 3.23. The standard InChI is InChI=1S/C15H18ClNO4/c1-9-6-10(2)14(11(16)7-9)17-13(18)8-21-15(19)12-4-3-5-20-12/h6-7,12H,3-5,8H2,1-2H3,(H,17,18)/t12-/m1/s1. The molecule has 1 heterocycles. The largest absolute Gasteiger partial charge is 0.454 e. The average molecular weight is 312 g/mol. The van der Waals surface area contributed by atoms with Gasteiger partial charge in [0.1, 0.15) is 0 Å². The van der Waals surface area contributed by atoms with Crippen molar-refractivity contribution in [2.45, 2.75) is 32.8 Å². The molecule has 6 heteroatoms. The number of amides is 1. The van der Waals surface area contributed by atoms with E-state index in [0.29, 0.717) is 23.7 Å². The number of esters is 1. The van der Waals surface area contributed by atoms with E-state index in [0.717, 1.165) is 17.5 Å². The van der Waals surface area contributed by atoms with Crippen LogP contribution >= 0.6 is 11.6 Å². The van der Waals surface area contributed by atoms with Crippen LogP contribution in [0.1, 0.15) is 24.0 Å². The molecular formula is C15H18ClNO4. The van der Waals surface area contributed by atoms with Gasteiger partial charge in [-0.25, -0.2) is 4.79 Å². The summed E-state index contributed by atoms with van der Waals surface area (Å²) in [5, 5.41) is 3.13. The van der Waals surface area contributed by atoms with Crippen LogP contribution in [-0.2, 0) is 19.1 Å². The van der Waals surface area contributed by atoms with Crippen LogP contribution in [0.5, 0.6) is 0 Å². The van der Waals surface area contributed by atoms with Crippen LogP contribution in [0.2, 0.25) is 5.02 Å². The van der Waals surface area contributed by atoms with Gasteiger partial charge in [0.25, 0.3) is 5.91 Å². The summed E-state index contributed by atoms with van der Waals surface area (Å²) in [6.07, 6.45) is 0.940. The maximum absolute atomic E-state index is 11.8. The first-order valence-corrected chi connectivity index (χ1v) is 7.20. The van der Waals surface area contributed by atoms with Crippen molar-refractivity contribution >= 4 is 29.2 Å². The molecule has 1 aromatic rings. The van der Waals surface area contributed by atoms with Crippen LogP contribution < -0.4 is 5.32 Å². The number of rotatable bonds is 4. The fraction of sp³-hybridized carbons (Fsp3) is 0.467. The van der Waals surface area contributed by atoms with E-state index in [1.54, 1.807) is 6.07 Å². The van der Waals surface area contributed by atoms with Crippen molar-refractivity contribution in [2.24, 2.45) is 0 Å². The molecule has 1 aromatic carbocycles. The Labute approximate surface area is 128 Å². The lowest BCUT2D eigenvalue weighted by atomic mass is 10.1. The molecule has 0 saturated carbocycles. The monoisotopic (exact) mass is 311 g/mol. The molecule has 1 saturated heterocycles. The number of ether oxygens (including phenoxy) is 2. The Bertz CT molecular complexity index is 530. The molecule has 0 aromatic heterocycles. The normalized spacial score (nSPS) is 17.6. The maximum atomic E-state index is 11.8. The number of anilines is 1. The fourth-order valence-corrected chi connectivity index (χ4v) is 2.61. The molecule has 1 amide bonds. The zero-order valence-electron chi connectivity index (χ0n) is 12.1. The first kappa shape index (κ1) is 15.8. The van der Waals surface area contributed by atoms with Gasteiger partial charge in [-0.15, -0.1) is 0 Å². The van der Waals surface area contributed by atoms with Gasteiger partial charge in [-0.05, 0) is 43.9 Å². The number of hydrogen-bond acceptors (Lipinski definition) is 4. The third kappa shape index (κ3) is 4.19. The van der Waals surface area contributed by atoms with E-state index in [-0.39, 0.29) is 6.61 Å². The van der Waals surface area contributed by atoms with Gasteiger partial charge < -0.3 is 14.8 Å². The smallest absolute Gasteiger partial charge is 0.335 e. The predicted octanol–water partition coefficient (Wildman–Crippen LogP) is 2.62. The summed E-state index contributed by atoms with van der Waals surface area (Å²) in [6, 6.07) is 3.68. The number of carbonyl (C=O) groups excluding carboxylic acids is 2. The SMILES string of the molecule is Cc1cc(C)c(NC(=O)COC(=O)[C@H]2CCCO2)c(Cl)c1. The van der Waals surface area contributed by atoms with Crippen molar-refractivity contribution < 1.29 is 19.1 Å². The number of carbonyl (C=O) groups is 2. The van der Waals surface area contributed by atoms with E-state index in [1.807, 2.05) is 19.9 Å². The Hall–Kier alpha value is -1.59. The van der Waals surface area contributed by atoms with Gasteiger partial charge in [-0.3, -0.25) is 4.79 Å². The minimum absolute atomic E-state index is 0.345. The van der Waals surface area contributed by atoms with Crippen LogP contribution in [0.4, 0.5) is 5.69 Å². The van der Waals surface area contributed by atoms with Crippen LogP contribution in [0, 0.1) is 13.8 Å². The summed E-state index contributed by atoms with van der Waals surface area (Å²) in [5.41, 5.74) is 2.42. The molecule has 0 spiro atoms. The lowest BCUT2D eigenvalue weighted by Gasteiger charge is -2.13. The molecule has 0 radical (unpaired) electrons. The summed E-state index contributed by atoms with van der Waals surface area (Å²) >= 11 is 6.10. The Balaban J connectivity index is 1.88. The van der Waals surface area contributed by atoms with E-state index in [2.05, 4.69) is 5.32 Å². The Morgan fingerprint density at radius 3 is 2.81 bits per heavy atom. The molecule has 114 valence electrons. The zero-order valence-corrected chi connectivity index (χ0v) is 12.8. The number of halogens is 1. The summed E-state index contributed by atoms with van der Waals surface area (Å²) in [5.74, 6) is -0.912. The molecule has 0 unspecified atom stereocenters. The highest BCUT2D eigenvalue weighted by atomic mass is 35.5. The van der Waals surface area contributed by atoms with Gasteiger partial charge in [0.2, 0.25) is 0 Å². The minimum atomic E-state index is -0.539. The maximum Gasteiger partial charge on any atom is 0.335 e. The first-order valence-electron chi connectivity index (χ1n) is 6.82. The molecule has 1 aliphatic heterocycles. The number of aryl methyl sites for hydroxylation is 2. The van der Waals surface area contributed by atoms with E-state index in [4.69, 9.17) is 21.1 Å². The molecule has 1 fully saturated rings. The highest BCUT2D eigenvalue weighted by molar-refractivity contribution is 6.34. The molecular weight excluding hydrogens is 294 g/mol. The van der Waals surface area contributed by atoms with Crippen molar-refractivity contribution in [2.75, 3.05) is 18.5 Å². The summed E-state index contributed by atoms with van der Waals surface area (Å²) in [4.78, 5) is 23.5. The van der Waals surface area contributed by atoms with Crippen LogP contribution in [0.25, 0.3) is 0 Å². The second-order valence-electron chi connectivity index (χ2n) is 5.10. The Morgan fingerprint density at radius 2 is 2.19 bits per heavy atom. The van der Waals surface area contributed by atoms with Crippen molar-refractivity contribution in [3.8, 4) is 0 Å². The van der Waals surface area contributed by atoms with Crippen LogP contribution in [0.3, 0.4) is 0 Å². The number of nitrogens with one attached hydrogen (secondary N) is 1. The van der Waals surface area contributed by atoms with Gasteiger partial charge in [0, 0.05) is 6.61 Å². The number of hydrogen-bond donors (Lipinski definition) is 1. The molecule has 2 rings (SSSR count). The molecule has 1 N–H and O–H groups in total. The summed E-state index contributed by atoms with van der Waals surface area (Å²) in [7, 11) is 0. The molecule has 1 atom stereocenters. The van der Waals surface area contributed by atoms with Gasteiger partial charge in [-0.1, -0.05) is 17.7 Å². The van der Waals surface area contributed by atoms with Crippen molar-refractivity contribution in [3.63, 3.8) is 0 Å². The highest BCUT2D eigenvalue weighted by Crippen LogP contribution is 2.27. The van der Waals surface area contributed by atoms with Gasteiger partial charge in [0.15, 0.2) is 12.7 Å². The van der Waals surface area contributed by atoms with Crippen molar-refractivity contribution in [1.29, 1.82) is 0 Å². The highest BCUT2D eigenvalue weighted by Gasteiger charge is 2.25. The molecule has 1 aliphatic rings. The number of benzene rings is 1. The summed E-state index contributed by atoms with van der Waals surface area (Å²) in [6.45, 7) is 3.99. The summed E-state index contributed by atoms with van der Waals surface area (Å²) < 4.78 is 10.1. The predicted molar refractivity (Wildman–Crippen MR) is 79.5 cm³/mol. The van der Waals surface area contributed by atoms with Gasteiger partial charge in [0.05, 0.1) is 10.7 Å². The van der Waals surface area contributed by atoms with E-state index in [9.17, 15) is 9.59 Å². The van der Waals surface area contributed by atoms with Gasteiger partial charge >= 0.3 is 5.97 Å². The van der Waals surface area contributed by atoms with E-state index >= 15 is 0 Å². The topological polar surface area (TPSA) is 64.6 Å². The first-order chi connectivity index (χ1) is 9.97. The third-order valence-corrected chi connectivity index (χ3v) is 3.53. The van der Waals surface area contributed by atoms with E-state index < -0.39 is 18.0 Å². The molecule has 5 nitrogen and oxygen atoms in total. The lowest BCUT2D eigenvalue weighted by Crippen LogP contribution is -2.27. The second-order valence-corrected chi connectivity index (χ2v) is 5.50. The second kappa shape index (κ2) is 6.91. The zero-order chi connectivity index (χ0) is 15.4. The lowest BCUT2D eigenvalue weighted by molar-refractivity contribution is -0.156. The Morgan fingerprint density at radius 1 is 1.43 bits per heavy atom. The van der Waals surface area contributed by atoms with E-state index in [1.165, 1.54) is 0 Å². The average Bonchev–Trinajstić information content (AvgIpc) is 2.94. The van der Waals surface area contributed by atoms with Crippen LogP contribution in [-0.4, -0.2) is 31.2 Å². The Kier molecular flexibility index (Phi) is 5.20. The molecule has 0 bridgehead atoms. The molecule has 0 aliphatic carbocycles. The quantitative estimate of drug-likeness (QED) is 0.868. The minimum Gasteiger partial charge on any atom is -0.454 e. The fourth-order valence-electron chi connectivity index (χ4n) is 2.24. The van der Waals surface area contributed by atoms with Crippen LogP contribution in [0.15, 0.2) is 12.1 Å².